The van der Waals surface area contributed by atoms with Gasteiger partial charge >= 0.3 is 5.97 Å². The number of hydrogen-bond acceptors (Lipinski definition) is 6. The second kappa shape index (κ2) is 11.6. The predicted molar refractivity (Wildman–Crippen MR) is 149 cm³/mol. The lowest BCUT2D eigenvalue weighted by molar-refractivity contribution is -0.142. The number of halogens is 2. The lowest BCUT2D eigenvalue weighted by atomic mass is 10.0. The molecule has 2 amide bonds. The van der Waals surface area contributed by atoms with E-state index in [1.54, 1.807) is 53.8 Å². The number of amides is 2. The Morgan fingerprint density at radius 3 is 2.46 bits per heavy atom. The number of anilines is 1. The quantitative estimate of drug-likeness (QED) is 0.260. The number of aromatic nitrogens is 3. The van der Waals surface area contributed by atoms with Crippen molar-refractivity contribution in [1.29, 1.82) is 0 Å². The van der Waals surface area contributed by atoms with Crippen molar-refractivity contribution >= 4 is 58.0 Å². The molecule has 1 aliphatic heterocycles. The summed E-state index contributed by atoms with van der Waals surface area (Å²) in [4.78, 5) is 37.9. The van der Waals surface area contributed by atoms with Gasteiger partial charge in [0.1, 0.15) is 23.7 Å². The van der Waals surface area contributed by atoms with Gasteiger partial charge in [-0.25, -0.2) is 4.79 Å². The third kappa shape index (κ3) is 5.98. The molecule has 12 heteroatoms. The van der Waals surface area contributed by atoms with Crippen LogP contribution in [-0.4, -0.2) is 43.7 Å². The molecule has 0 aliphatic carbocycles. The van der Waals surface area contributed by atoms with E-state index in [0.29, 0.717) is 36.3 Å². The lowest BCUT2D eigenvalue weighted by Gasteiger charge is -2.20. The Balaban J connectivity index is 1.24. The van der Waals surface area contributed by atoms with Crippen LogP contribution < -0.4 is 10.6 Å². The molecule has 0 saturated carbocycles. The Kier molecular flexibility index (Phi) is 7.97. The Morgan fingerprint density at radius 1 is 1.05 bits per heavy atom. The zero-order valence-electron chi connectivity index (χ0n) is 20.4. The van der Waals surface area contributed by atoms with Gasteiger partial charge in [0.2, 0.25) is 5.91 Å². The number of benzene rings is 2. The highest BCUT2D eigenvalue weighted by Gasteiger charge is 2.34. The number of nitrogens with zero attached hydrogens (tertiary/aromatic N) is 3. The topological polar surface area (TPSA) is 126 Å². The van der Waals surface area contributed by atoms with E-state index < -0.39 is 24.0 Å². The van der Waals surface area contributed by atoms with Crippen LogP contribution in [0.5, 0.6) is 0 Å². The van der Waals surface area contributed by atoms with Gasteiger partial charge in [0.25, 0.3) is 5.91 Å². The summed E-state index contributed by atoms with van der Waals surface area (Å²) >= 11 is 13.8. The van der Waals surface area contributed by atoms with Gasteiger partial charge in [0.15, 0.2) is 0 Å². The summed E-state index contributed by atoms with van der Waals surface area (Å²) in [6, 6.07) is 11.8. The molecule has 0 bridgehead atoms. The van der Waals surface area contributed by atoms with Gasteiger partial charge in [-0.05, 0) is 58.6 Å². The van der Waals surface area contributed by atoms with Crippen LogP contribution in [0.15, 0.2) is 59.3 Å². The van der Waals surface area contributed by atoms with Gasteiger partial charge < -0.3 is 20.3 Å². The summed E-state index contributed by atoms with van der Waals surface area (Å²) in [5, 5.41) is 28.2. The average Bonchev–Trinajstić information content (AvgIpc) is 3.64. The predicted octanol–water partition coefficient (Wildman–Crippen LogP) is 4.79. The van der Waals surface area contributed by atoms with E-state index in [1.165, 1.54) is 0 Å². The minimum Gasteiger partial charge on any atom is -0.480 e. The van der Waals surface area contributed by atoms with Gasteiger partial charge in [-0.2, -0.15) is 11.3 Å². The smallest absolute Gasteiger partial charge is 0.326 e. The molecule has 0 spiro atoms. The van der Waals surface area contributed by atoms with E-state index in [4.69, 9.17) is 23.2 Å². The van der Waals surface area contributed by atoms with Crippen LogP contribution >= 0.6 is 34.5 Å². The Morgan fingerprint density at radius 2 is 1.79 bits per heavy atom. The standard InChI is InChI=1S/C27H23Cl2N5O4S/c28-18-2-1-3-19(29)24(18)26(36)30-17-6-4-15(5-7-17)12-20(27(37)38)31-25(35)21-8-9-22-32-33-23(34(21)22)13-16-10-11-39-14-16/h1-7,10-11,14,20-21H,8-9,12-13H2,(H,30,36)(H,31,35)(H,37,38)/t20-,21-/m0/s1. The summed E-state index contributed by atoms with van der Waals surface area (Å²) in [6.07, 6.45) is 1.74. The molecule has 2 aromatic carbocycles. The highest BCUT2D eigenvalue weighted by Crippen LogP contribution is 2.28. The maximum absolute atomic E-state index is 13.2. The van der Waals surface area contributed by atoms with Crippen LogP contribution in [0.3, 0.4) is 0 Å². The van der Waals surface area contributed by atoms with E-state index >= 15 is 0 Å². The summed E-state index contributed by atoms with van der Waals surface area (Å²) in [7, 11) is 0. The highest BCUT2D eigenvalue weighted by molar-refractivity contribution is 7.07. The largest absolute Gasteiger partial charge is 0.480 e. The van der Waals surface area contributed by atoms with Gasteiger partial charge in [-0.1, -0.05) is 41.4 Å². The molecule has 4 aromatic rings. The van der Waals surface area contributed by atoms with Crippen molar-refractivity contribution in [3.8, 4) is 0 Å². The third-order valence-corrected chi connectivity index (χ3v) is 7.85. The number of carboxylic acids is 1. The maximum Gasteiger partial charge on any atom is 0.326 e. The minimum absolute atomic E-state index is 0.0646. The number of aliphatic carboxylic acids is 1. The number of thiophene rings is 1. The molecule has 0 radical (unpaired) electrons. The van der Waals surface area contributed by atoms with Gasteiger partial charge in [0, 0.05) is 24.9 Å². The fourth-order valence-corrected chi connectivity index (χ4v) is 5.80. The molecule has 3 heterocycles. The Labute approximate surface area is 237 Å². The van der Waals surface area contributed by atoms with Gasteiger partial charge in [-0.3, -0.25) is 9.59 Å². The number of nitrogens with one attached hydrogen (secondary N) is 2. The van der Waals surface area contributed by atoms with Crippen LogP contribution in [0.1, 0.15) is 45.6 Å². The number of fused-ring (bicyclic) bond motifs is 1. The number of rotatable bonds is 9. The van der Waals surface area contributed by atoms with Crippen LogP contribution in [0, 0.1) is 0 Å². The summed E-state index contributed by atoms with van der Waals surface area (Å²) in [6.45, 7) is 0. The second-order valence-corrected chi connectivity index (χ2v) is 10.7. The third-order valence-electron chi connectivity index (χ3n) is 6.49. The first-order chi connectivity index (χ1) is 18.8. The SMILES string of the molecule is O=C(Nc1ccc(C[C@H](NC(=O)[C@@H]2CCc3nnc(Cc4ccsc4)n32)C(=O)O)cc1)c1c(Cl)cccc1Cl. The molecule has 0 saturated heterocycles. The van der Waals surface area contributed by atoms with E-state index in [1.807, 2.05) is 21.4 Å². The van der Waals surface area contributed by atoms with Crippen molar-refractivity contribution in [2.75, 3.05) is 5.32 Å². The molecular weight excluding hydrogens is 561 g/mol. The van der Waals surface area contributed by atoms with Crippen molar-refractivity contribution in [2.45, 2.75) is 37.8 Å². The molecule has 1 aliphatic rings. The van der Waals surface area contributed by atoms with Crippen molar-refractivity contribution < 1.29 is 19.5 Å². The fourth-order valence-electron chi connectivity index (χ4n) is 4.57. The van der Waals surface area contributed by atoms with E-state index in [-0.39, 0.29) is 27.9 Å². The van der Waals surface area contributed by atoms with Crippen molar-refractivity contribution in [3.05, 3.63) is 97.7 Å². The highest BCUT2D eigenvalue weighted by atomic mass is 35.5. The maximum atomic E-state index is 13.2. The van der Waals surface area contributed by atoms with Gasteiger partial charge in [-0.15, -0.1) is 10.2 Å². The first-order valence-corrected chi connectivity index (χ1v) is 13.8. The number of carbonyl (C=O) groups is 3. The zero-order chi connectivity index (χ0) is 27.5. The fraction of sp³-hybridized carbons (Fsp3) is 0.222. The Bertz CT molecular complexity index is 1500. The summed E-state index contributed by atoms with van der Waals surface area (Å²) < 4.78 is 1.83. The van der Waals surface area contributed by atoms with Gasteiger partial charge in [0.05, 0.1) is 15.6 Å². The van der Waals surface area contributed by atoms with Crippen molar-refractivity contribution in [1.82, 2.24) is 20.1 Å². The zero-order valence-corrected chi connectivity index (χ0v) is 22.8. The number of aryl methyl sites for hydroxylation is 1. The molecule has 3 N–H and O–H groups in total. The summed E-state index contributed by atoms with van der Waals surface area (Å²) in [5.41, 5.74) is 2.41. The second-order valence-electron chi connectivity index (χ2n) is 9.12. The number of carbonyl (C=O) groups excluding carboxylic acids is 2. The van der Waals surface area contributed by atoms with E-state index in [9.17, 15) is 19.5 Å². The van der Waals surface area contributed by atoms with Crippen LogP contribution in [0.2, 0.25) is 10.0 Å². The molecule has 200 valence electrons. The molecule has 2 aromatic heterocycles. The molecule has 2 atom stereocenters. The first-order valence-electron chi connectivity index (χ1n) is 12.1. The number of carboxylic acid groups (broad SMARTS) is 1. The van der Waals surface area contributed by atoms with Crippen LogP contribution in [-0.2, 0) is 28.9 Å². The molecule has 39 heavy (non-hydrogen) atoms. The summed E-state index contributed by atoms with van der Waals surface area (Å²) in [5.74, 6) is -0.577. The normalized spacial score (nSPS) is 15.0. The molecule has 0 unspecified atom stereocenters. The van der Waals surface area contributed by atoms with E-state index in [2.05, 4.69) is 20.8 Å². The van der Waals surface area contributed by atoms with Crippen LogP contribution in [0.4, 0.5) is 5.69 Å². The molecular formula is C27H23Cl2N5O4S. The first kappa shape index (κ1) is 26.9. The van der Waals surface area contributed by atoms with Crippen molar-refractivity contribution in [2.24, 2.45) is 0 Å². The van der Waals surface area contributed by atoms with Crippen LogP contribution in [0.25, 0.3) is 0 Å². The lowest BCUT2D eigenvalue weighted by Crippen LogP contribution is -2.45. The molecule has 0 fully saturated rings. The Hall–Kier alpha value is -3.73. The number of hydrogen-bond donors (Lipinski definition) is 3. The van der Waals surface area contributed by atoms with Crippen molar-refractivity contribution in [3.63, 3.8) is 0 Å². The van der Waals surface area contributed by atoms with E-state index in [0.717, 1.165) is 11.4 Å². The molecule has 9 nitrogen and oxygen atoms in total. The molecule has 5 rings (SSSR count). The monoisotopic (exact) mass is 583 g/mol. The minimum atomic E-state index is -1.14. The average molecular weight is 584 g/mol.